The van der Waals surface area contributed by atoms with Gasteiger partial charge < -0.3 is 10.6 Å². The number of rotatable bonds is 3. The Labute approximate surface area is 101 Å². The molecule has 1 amide bonds. The number of fused-ring (bicyclic) bond motifs is 1. The van der Waals surface area contributed by atoms with Gasteiger partial charge in [-0.3, -0.25) is 4.57 Å². The predicted octanol–water partition coefficient (Wildman–Crippen LogP) is 1.47. The van der Waals surface area contributed by atoms with Gasteiger partial charge in [0.2, 0.25) is 0 Å². The number of aromatic nitrogens is 1. The van der Waals surface area contributed by atoms with Gasteiger partial charge in [-0.2, -0.15) is 0 Å². The highest BCUT2D eigenvalue weighted by atomic mass is 16.2. The first kappa shape index (κ1) is 11.7. The van der Waals surface area contributed by atoms with Crippen molar-refractivity contribution >= 4 is 16.9 Å². The van der Waals surface area contributed by atoms with Crippen LogP contribution in [0, 0.1) is 6.07 Å². The molecule has 0 aliphatic carbocycles. The van der Waals surface area contributed by atoms with Crippen molar-refractivity contribution in [1.29, 1.82) is 0 Å². The molecule has 4 heteroatoms. The molecule has 1 aromatic carbocycles. The molecule has 0 aliphatic rings. The van der Waals surface area contributed by atoms with Crippen LogP contribution in [0.25, 0.3) is 10.9 Å². The molecule has 0 saturated carbocycles. The first-order valence-corrected chi connectivity index (χ1v) is 5.54. The zero-order valence-electron chi connectivity index (χ0n) is 10.1. The smallest absolute Gasteiger partial charge is 0.323 e. The van der Waals surface area contributed by atoms with E-state index < -0.39 is 6.03 Å². The second-order valence-corrected chi connectivity index (χ2v) is 4.36. The number of hydrogen-bond donors (Lipinski definition) is 1. The molecule has 0 aliphatic heterocycles. The fourth-order valence-corrected chi connectivity index (χ4v) is 1.91. The summed E-state index contributed by atoms with van der Waals surface area (Å²) in [5, 5.41) is 1.05. The topological polar surface area (TPSA) is 51.3 Å². The minimum Gasteiger partial charge on any atom is -0.351 e. The zero-order valence-corrected chi connectivity index (χ0v) is 10.1. The molecule has 0 spiro atoms. The highest BCUT2D eigenvalue weighted by Crippen LogP contribution is 2.21. The molecule has 4 nitrogen and oxygen atoms in total. The van der Waals surface area contributed by atoms with Crippen molar-refractivity contribution in [2.75, 3.05) is 20.6 Å². The third-order valence-electron chi connectivity index (χ3n) is 2.80. The van der Waals surface area contributed by atoms with Gasteiger partial charge in [0.25, 0.3) is 0 Å². The van der Waals surface area contributed by atoms with Crippen molar-refractivity contribution in [2.45, 2.75) is 6.42 Å². The summed E-state index contributed by atoms with van der Waals surface area (Å²) in [4.78, 5) is 13.4. The summed E-state index contributed by atoms with van der Waals surface area (Å²) in [5.74, 6) is 0. The Morgan fingerprint density at radius 1 is 1.53 bits per heavy atom. The first-order chi connectivity index (χ1) is 8.09. The molecule has 0 saturated heterocycles. The molecule has 1 aromatic heterocycles. The Hall–Kier alpha value is -1.81. The van der Waals surface area contributed by atoms with Gasteiger partial charge in [0.05, 0.1) is 5.52 Å². The Morgan fingerprint density at radius 2 is 2.29 bits per heavy atom. The van der Waals surface area contributed by atoms with Crippen molar-refractivity contribution in [3.05, 3.63) is 36.0 Å². The van der Waals surface area contributed by atoms with E-state index >= 15 is 0 Å². The van der Waals surface area contributed by atoms with Crippen LogP contribution < -0.4 is 5.73 Å². The second kappa shape index (κ2) is 4.59. The van der Waals surface area contributed by atoms with E-state index in [9.17, 15) is 4.79 Å². The number of benzene rings is 1. The second-order valence-electron chi connectivity index (χ2n) is 4.36. The van der Waals surface area contributed by atoms with E-state index in [-0.39, 0.29) is 0 Å². The average Bonchev–Trinajstić information content (AvgIpc) is 2.65. The van der Waals surface area contributed by atoms with Crippen LogP contribution in [-0.2, 0) is 6.42 Å². The van der Waals surface area contributed by atoms with E-state index in [0.717, 1.165) is 29.4 Å². The minimum absolute atomic E-state index is 0.447. The molecular formula is C13H16N3O. The summed E-state index contributed by atoms with van der Waals surface area (Å²) < 4.78 is 1.49. The lowest BCUT2D eigenvalue weighted by molar-refractivity contribution is 0.251. The van der Waals surface area contributed by atoms with Crippen LogP contribution in [0.2, 0.25) is 0 Å². The van der Waals surface area contributed by atoms with Gasteiger partial charge in [0.15, 0.2) is 0 Å². The summed E-state index contributed by atoms with van der Waals surface area (Å²) in [6.45, 7) is 0.937. The van der Waals surface area contributed by atoms with E-state index in [1.807, 2.05) is 32.4 Å². The molecule has 2 N–H and O–H groups in total. The summed E-state index contributed by atoms with van der Waals surface area (Å²) in [5.41, 5.74) is 7.33. The van der Waals surface area contributed by atoms with E-state index in [2.05, 4.69) is 11.0 Å². The Bertz CT molecular complexity index is 543. The quantitative estimate of drug-likeness (QED) is 0.868. The maximum absolute atomic E-state index is 11.3. The molecule has 0 fully saturated rings. The van der Waals surface area contributed by atoms with Gasteiger partial charge in [-0.1, -0.05) is 6.07 Å². The lowest BCUT2D eigenvalue weighted by Crippen LogP contribution is -2.18. The molecule has 0 unspecified atom stereocenters. The number of nitrogens with two attached hydrogens (primary N) is 1. The number of carbonyl (C=O) groups excluding carboxylic acids is 1. The van der Waals surface area contributed by atoms with Crippen LogP contribution in [-0.4, -0.2) is 36.1 Å². The van der Waals surface area contributed by atoms with Crippen LogP contribution in [0.1, 0.15) is 5.56 Å². The van der Waals surface area contributed by atoms with Crippen LogP contribution >= 0.6 is 0 Å². The maximum atomic E-state index is 11.3. The number of amides is 1. The molecule has 2 aromatic rings. The third-order valence-corrected chi connectivity index (χ3v) is 2.80. The monoisotopic (exact) mass is 230 g/mol. The van der Waals surface area contributed by atoms with Crippen LogP contribution in [0.5, 0.6) is 0 Å². The Kier molecular flexibility index (Phi) is 3.15. The number of likely N-dealkylation sites (N-methyl/N-ethyl adjacent to an activating group) is 1. The van der Waals surface area contributed by atoms with E-state index in [1.54, 1.807) is 6.07 Å². The van der Waals surface area contributed by atoms with E-state index in [4.69, 9.17) is 5.73 Å². The van der Waals surface area contributed by atoms with Crippen LogP contribution in [0.3, 0.4) is 0 Å². The van der Waals surface area contributed by atoms with E-state index in [1.165, 1.54) is 4.57 Å². The normalized spacial score (nSPS) is 11.2. The minimum atomic E-state index is -0.447. The molecular weight excluding hydrogens is 214 g/mol. The summed E-state index contributed by atoms with van der Waals surface area (Å²) in [6.07, 6.45) is 2.71. The molecule has 89 valence electrons. The molecule has 0 bridgehead atoms. The fourth-order valence-electron chi connectivity index (χ4n) is 1.91. The highest BCUT2D eigenvalue weighted by molar-refractivity contribution is 5.93. The van der Waals surface area contributed by atoms with Crippen molar-refractivity contribution < 1.29 is 4.79 Å². The molecule has 17 heavy (non-hydrogen) atoms. The molecule has 2 rings (SSSR count). The standard InChI is InChI=1S/C13H16N3O/c1-15(2)8-7-10-9-16(13(14)17)12-6-4-3-5-11(10)12/h4-6,9H,7-8H2,1-2H3,(H2,14,17). The third kappa shape index (κ3) is 2.31. The summed E-state index contributed by atoms with van der Waals surface area (Å²) >= 11 is 0. The van der Waals surface area contributed by atoms with Gasteiger partial charge in [-0.15, -0.1) is 0 Å². The van der Waals surface area contributed by atoms with Crippen LogP contribution in [0.4, 0.5) is 4.79 Å². The number of nitrogens with zero attached hydrogens (tertiary/aromatic N) is 2. The maximum Gasteiger partial charge on any atom is 0.323 e. The highest BCUT2D eigenvalue weighted by Gasteiger charge is 2.10. The molecule has 1 radical (unpaired) electrons. The van der Waals surface area contributed by atoms with Crippen molar-refractivity contribution in [3.63, 3.8) is 0 Å². The van der Waals surface area contributed by atoms with Crippen molar-refractivity contribution in [3.8, 4) is 0 Å². The van der Waals surface area contributed by atoms with Gasteiger partial charge >= 0.3 is 6.03 Å². The SMILES string of the molecule is CN(C)CCc1cn(C(N)=O)c2cc[c]cc12. The Balaban J connectivity index is 2.45. The lowest BCUT2D eigenvalue weighted by Gasteiger charge is -2.07. The number of hydrogen-bond acceptors (Lipinski definition) is 2. The van der Waals surface area contributed by atoms with E-state index in [0.29, 0.717) is 0 Å². The largest absolute Gasteiger partial charge is 0.351 e. The average molecular weight is 230 g/mol. The fraction of sp³-hybridized carbons (Fsp3) is 0.308. The first-order valence-electron chi connectivity index (χ1n) is 5.54. The van der Waals surface area contributed by atoms with Gasteiger partial charge in [-0.05, 0) is 44.3 Å². The number of primary amides is 1. The van der Waals surface area contributed by atoms with Gasteiger partial charge in [-0.25, -0.2) is 4.79 Å². The van der Waals surface area contributed by atoms with Gasteiger partial charge in [0, 0.05) is 18.1 Å². The predicted molar refractivity (Wildman–Crippen MR) is 68.0 cm³/mol. The number of carbonyl (C=O) groups is 1. The van der Waals surface area contributed by atoms with Crippen molar-refractivity contribution in [2.24, 2.45) is 5.73 Å². The van der Waals surface area contributed by atoms with Crippen molar-refractivity contribution in [1.82, 2.24) is 9.47 Å². The summed E-state index contributed by atoms with van der Waals surface area (Å²) in [7, 11) is 4.05. The molecule has 0 atom stereocenters. The van der Waals surface area contributed by atoms with Gasteiger partial charge in [0.1, 0.15) is 0 Å². The molecule has 1 heterocycles. The summed E-state index contributed by atoms with van der Waals surface area (Å²) in [6, 6.07) is 8.14. The van der Waals surface area contributed by atoms with Crippen LogP contribution in [0.15, 0.2) is 24.4 Å². The Morgan fingerprint density at radius 3 is 2.94 bits per heavy atom. The lowest BCUT2D eigenvalue weighted by atomic mass is 10.1. The zero-order chi connectivity index (χ0) is 12.4.